The molecule has 3 rings (SSSR count). The van der Waals surface area contributed by atoms with E-state index >= 15 is 0 Å². The first-order chi connectivity index (χ1) is 9.16. The van der Waals surface area contributed by atoms with Crippen molar-refractivity contribution in [3.05, 3.63) is 23.2 Å². The number of hydrogen-bond acceptors (Lipinski definition) is 3. The molecule has 2 aliphatic rings. The number of hydrogen-bond donors (Lipinski definition) is 1. The van der Waals surface area contributed by atoms with Crippen molar-refractivity contribution in [2.75, 3.05) is 37.3 Å². The minimum absolute atomic E-state index is 0.744. The molecule has 104 valence electrons. The van der Waals surface area contributed by atoms with Crippen molar-refractivity contribution >= 4 is 23.0 Å². The Morgan fingerprint density at radius 2 is 2.11 bits per heavy atom. The van der Waals surface area contributed by atoms with Gasteiger partial charge in [-0.05, 0) is 50.9 Å². The van der Waals surface area contributed by atoms with E-state index in [1.165, 1.54) is 25.8 Å². The molecule has 0 saturated carbocycles. The van der Waals surface area contributed by atoms with Crippen molar-refractivity contribution in [3.63, 3.8) is 0 Å². The summed E-state index contributed by atoms with van der Waals surface area (Å²) in [7, 11) is 2.26. The molecule has 0 spiro atoms. The molecular weight excluding hydrogens is 258 g/mol. The number of anilines is 2. The summed E-state index contributed by atoms with van der Waals surface area (Å²) in [4.78, 5) is 4.92. The van der Waals surface area contributed by atoms with Gasteiger partial charge in [0.25, 0.3) is 0 Å². The van der Waals surface area contributed by atoms with Crippen LogP contribution in [0.1, 0.15) is 19.3 Å². The lowest BCUT2D eigenvalue weighted by Gasteiger charge is -2.47. The van der Waals surface area contributed by atoms with Gasteiger partial charge in [-0.3, -0.25) is 0 Å². The number of nitrogen functional groups attached to an aromatic ring is 1. The maximum absolute atomic E-state index is 6.33. The lowest BCUT2D eigenvalue weighted by atomic mass is 9.84. The fraction of sp³-hybridized carbons (Fsp3) is 0.600. The highest BCUT2D eigenvalue weighted by molar-refractivity contribution is 6.34. The van der Waals surface area contributed by atoms with Crippen molar-refractivity contribution in [1.82, 2.24) is 4.90 Å². The van der Waals surface area contributed by atoms with E-state index in [1.807, 2.05) is 18.2 Å². The second-order valence-corrected chi connectivity index (χ2v) is 6.27. The predicted molar refractivity (Wildman–Crippen MR) is 81.8 cm³/mol. The second kappa shape index (κ2) is 5.22. The molecule has 19 heavy (non-hydrogen) atoms. The maximum atomic E-state index is 6.33. The number of piperidine rings is 2. The first kappa shape index (κ1) is 13.1. The number of rotatable bonds is 1. The zero-order valence-electron chi connectivity index (χ0n) is 11.5. The average molecular weight is 280 g/mol. The van der Waals surface area contributed by atoms with E-state index in [1.54, 1.807) is 0 Å². The zero-order chi connectivity index (χ0) is 13.4. The van der Waals surface area contributed by atoms with Crippen LogP contribution in [0, 0.1) is 5.92 Å². The summed E-state index contributed by atoms with van der Waals surface area (Å²) in [5.74, 6) is 0.753. The zero-order valence-corrected chi connectivity index (χ0v) is 12.2. The summed E-state index contributed by atoms with van der Waals surface area (Å²) in [5.41, 5.74) is 7.95. The van der Waals surface area contributed by atoms with Crippen LogP contribution in [0.3, 0.4) is 0 Å². The molecule has 3 nitrogen and oxygen atoms in total. The van der Waals surface area contributed by atoms with Gasteiger partial charge < -0.3 is 15.5 Å². The van der Waals surface area contributed by atoms with Gasteiger partial charge >= 0.3 is 0 Å². The van der Waals surface area contributed by atoms with Gasteiger partial charge in [0, 0.05) is 19.1 Å². The van der Waals surface area contributed by atoms with E-state index in [0.717, 1.165) is 41.4 Å². The fourth-order valence-electron chi connectivity index (χ4n) is 3.72. The van der Waals surface area contributed by atoms with Gasteiger partial charge in [-0.2, -0.15) is 0 Å². The Hall–Kier alpha value is -0.930. The van der Waals surface area contributed by atoms with Crippen LogP contribution in [0.2, 0.25) is 5.02 Å². The van der Waals surface area contributed by atoms with Gasteiger partial charge in [-0.1, -0.05) is 17.7 Å². The summed E-state index contributed by atoms with van der Waals surface area (Å²) >= 11 is 6.33. The normalized spacial score (nSPS) is 28.2. The molecule has 2 atom stereocenters. The van der Waals surface area contributed by atoms with Crippen LogP contribution in [0.4, 0.5) is 11.4 Å². The van der Waals surface area contributed by atoms with Gasteiger partial charge in [0.05, 0.1) is 16.4 Å². The molecule has 2 unspecified atom stereocenters. The monoisotopic (exact) mass is 279 g/mol. The van der Waals surface area contributed by atoms with Crippen molar-refractivity contribution in [2.45, 2.75) is 25.3 Å². The molecule has 2 N–H and O–H groups in total. The molecule has 0 radical (unpaired) electrons. The van der Waals surface area contributed by atoms with Crippen molar-refractivity contribution < 1.29 is 0 Å². The molecule has 0 aliphatic carbocycles. The van der Waals surface area contributed by atoms with Crippen molar-refractivity contribution in [1.29, 1.82) is 0 Å². The Kier molecular flexibility index (Phi) is 3.59. The van der Waals surface area contributed by atoms with Crippen molar-refractivity contribution in [3.8, 4) is 0 Å². The highest BCUT2D eigenvalue weighted by Gasteiger charge is 2.35. The van der Waals surface area contributed by atoms with Crippen LogP contribution in [0.25, 0.3) is 0 Å². The van der Waals surface area contributed by atoms with E-state index in [4.69, 9.17) is 17.3 Å². The third-order valence-corrected chi connectivity index (χ3v) is 4.98. The van der Waals surface area contributed by atoms with Crippen molar-refractivity contribution in [2.24, 2.45) is 5.92 Å². The van der Waals surface area contributed by atoms with E-state index in [-0.39, 0.29) is 0 Å². The molecule has 2 fully saturated rings. The number of likely N-dealkylation sites (tertiary alicyclic amines) is 1. The van der Waals surface area contributed by atoms with Crippen LogP contribution >= 0.6 is 11.6 Å². The fourth-order valence-corrected chi connectivity index (χ4v) is 4.02. The molecule has 2 aliphatic heterocycles. The lowest BCUT2D eigenvalue weighted by Crippen LogP contribution is -2.52. The van der Waals surface area contributed by atoms with E-state index in [0.29, 0.717) is 0 Å². The highest BCUT2D eigenvalue weighted by Crippen LogP contribution is 2.37. The molecule has 2 heterocycles. The van der Waals surface area contributed by atoms with Crippen LogP contribution in [0.15, 0.2) is 18.2 Å². The molecule has 2 saturated heterocycles. The first-order valence-electron chi connectivity index (χ1n) is 7.16. The molecule has 0 amide bonds. The summed E-state index contributed by atoms with van der Waals surface area (Å²) in [6.07, 6.45) is 3.85. The summed E-state index contributed by atoms with van der Waals surface area (Å²) in [5, 5.41) is 0.780. The minimum Gasteiger partial charge on any atom is -0.397 e. The topological polar surface area (TPSA) is 32.5 Å². The average Bonchev–Trinajstić information content (AvgIpc) is 2.39. The molecular formula is C15H22ClN3. The highest BCUT2D eigenvalue weighted by atomic mass is 35.5. The van der Waals surface area contributed by atoms with Gasteiger partial charge in [0.1, 0.15) is 0 Å². The van der Waals surface area contributed by atoms with Crippen LogP contribution in [0.5, 0.6) is 0 Å². The quantitative estimate of drug-likeness (QED) is 0.803. The second-order valence-electron chi connectivity index (χ2n) is 5.86. The first-order valence-corrected chi connectivity index (χ1v) is 7.54. The van der Waals surface area contributed by atoms with Crippen LogP contribution in [-0.4, -0.2) is 37.6 Å². The van der Waals surface area contributed by atoms with E-state index in [2.05, 4.69) is 16.8 Å². The number of para-hydroxylation sites is 1. The predicted octanol–water partition coefficient (Wildman–Crippen LogP) is 2.84. The summed E-state index contributed by atoms with van der Waals surface area (Å²) < 4.78 is 0. The third kappa shape index (κ3) is 2.41. The van der Waals surface area contributed by atoms with Crippen LogP contribution < -0.4 is 10.6 Å². The molecule has 0 bridgehead atoms. The van der Waals surface area contributed by atoms with Crippen LogP contribution in [-0.2, 0) is 0 Å². The Bertz CT molecular complexity index is 442. The molecule has 0 aromatic heterocycles. The number of benzene rings is 1. The minimum atomic E-state index is 0.744. The molecule has 1 aromatic carbocycles. The van der Waals surface area contributed by atoms with Gasteiger partial charge in [0.15, 0.2) is 0 Å². The number of halogens is 1. The number of nitrogens with two attached hydrogens (primary N) is 1. The Labute approximate surface area is 120 Å². The van der Waals surface area contributed by atoms with E-state index < -0.39 is 0 Å². The SMILES string of the molecule is CN1CCCC2CN(c3c(N)cccc3Cl)CCC21. The Morgan fingerprint density at radius 3 is 2.89 bits per heavy atom. The lowest BCUT2D eigenvalue weighted by molar-refractivity contribution is 0.102. The standard InChI is InChI=1S/C15H22ClN3/c1-18-8-3-4-11-10-19(9-7-14(11)18)15-12(16)5-2-6-13(15)17/h2,5-6,11,14H,3-4,7-10,17H2,1H3. The number of nitrogens with zero attached hydrogens (tertiary/aromatic N) is 2. The van der Waals surface area contributed by atoms with Gasteiger partial charge in [0.2, 0.25) is 0 Å². The summed E-state index contributed by atoms with van der Waals surface area (Å²) in [6.45, 7) is 3.39. The molecule has 1 aromatic rings. The maximum Gasteiger partial charge on any atom is 0.0789 e. The largest absolute Gasteiger partial charge is 0.397 e. The summed E-state index contributed by atoms with van der Waals surface area (Å²) in [6, 6.07) is 6.54. The molecule has 4 heteroatoms. The van der Waals surface area contributed by atoms with Gasteiger partial charge in [-0.25, -0.2) is 0 Å². The Balaban J connectivity index is 1.81. The number of fused-ring (bicyclic) bond motifs is 1. The van der Waals surface area contributed by atoms with E-state index in [9.17, 15) is 0 Å². The smallest absolute Gasteiger partial charge is 0.0789 e. The third-order valence-electron chi connectivity index (χ3n) is 4.68. The Morgan fingerprint density at radius 1 is 1.26 bits per heavy atom. The van der Waals surface area contributed by atoms with Gasteiger partial charge in [-0.15, -0.1) is 0 Å².